The molecule has 0 saturated heterocycles. The van der Waals surface area contributed by atoms with E-state index in [1.165, 1.54) is 17.3 Å². The molecule has 0 aliphatic carbocycles. The fourth-order valence-corrected chi connectivity index (χ4v) is 4.23. The van der Waals surface area contributed by atoms with E-state index >= 15 is 0 Å². The van der Waals surface area contributed by atoms with E-state index in [9.17, 15) is 4.79 Å². The minimum Gasteiger partial charge on any atom is -0.497 e. The van der Waals surface area contributed by atoms with Crippen LogP contribution in [0.4, 0.5) is 0 Å². The third kappa shape index (κ3) is 4.88. The number of aryl methyl sites for hydroxylation is 2. The van der Waals surface area contributed by atoms with Crippen molar-refractivity contribution in [2.45, 2.75) is 25.4 Å². The van der Waals surface area contributed by atoms with Crippen LogP contribution >= 0.6 is 11.8 Å². The number of hydrogen-bond acceptors (Lipinski definition) is 5. The average Bonchev–Trinajstić information content (AvgIpc) is 3.20. The average molecular weight is 433 g/mol. The standard InChI is InChI=1S/C24H24N4O2S/c1-16-5-4-6-18(11-16)13-25-22(29)15-31-23-12-17(2)27-24-21(14-26-28(23)24)19-7-9-20(30-3)10-8-19/h4-12,14H,13,15H2,1-3H3,(H,25,29). The van der Waals surface area contributed by atoms with E-state index in [0.29, 0.717) is 12.3 Å². The highest BCUT2D eigenvalue weighted by Crippen LogP contribution is 2.28. The van der Waals surface area contributed by atoms with Crippen LogP contribution in [0.25, 0.3) is 16.8 Å². The topological polar surface area (TPSA) is 68.5 Å². The number of thioether (sulfide) groups is 1. The summed E-state index contributed by atoms with van der Waals surface area (Å²) >= 11 is 1.45. The van der Waals surface area contributed by atoms with E-state index in [-0.39, 0.29) is 5.91 Å². The number of amides is 1. The third-order valence-corrected chi connectivity index (χ3v) is 5.88. The summed E-state index contributed by atoms with van der Waals surface area (Å²) in [6, 6.07) is 17.9. The molecular formula is C24H24N4O2S. The van der Waals surface area contributed by atoms with Crippen LogP contribution in [0.1, 0.15) is 16.8 Å². The lowest BCUT2D eigenvalue weighted by Gasteiger charge is -2.08. The van der Waals surface area contributed by atoms with Gasteiger partial charge in [-0.2, -0.15) is 5.10 Å². The van der Waals surface area contributed by atoms with Gasteiger partial charge < -0.3 is 10.1 Å². The Morgan fingerprint density at radius 1 is 1.13 bits per heavy atom. The Bertz CT molecular complexity index is 1220. The Hall–Kier alpha value is -3.32. The molecule has 0 aliphatic heterocycles. The molecule has 2 aromatic carbocycles. The van der Waals surface area contributed by atoms with E-state index in [1.54, 1.807) is 11.6 Å². The van der Waals surface area contributed by atoms with Crippen molar-refractivity contribution in [1.29, 1.82) is 0 Å². The first-order valence-electron chi connectivity index (χ1n) is 9.98. The molecule has 0 aliphatic rings. The van der Waals surface area contributed by atoms with E-state index in [2.05, 4.69) is 21.5 Å². The number of nitrogens with zero attached hydrogens (tertiary/aromatic N) is 3. The molecule has 4 rings (SSSR count). The molecule has 0 radical (unpaired) electrons. The summed E-state index contributed by atoms with van der Waals surface area (Å²) in [6.07, 6.45) is 1.81. The number of hydrogen-bond donors (Lipinski definition) is 1. The van der Waals surface area contributed by atoms with E-state index in [4.69, 9.17) is 4.74 Å². The molecule has 4 aromatic rings. The number of ether oxygens (including phenoxy) is 1. The van der Waals surface area contributed by atoms with Gasteiger partial charge in [-0.3, -0.25) is 4.79 Å². The van der Waals surface area contributed by atoms with Gasteiger partial charge in [0.05, 0.1) is 19.1 Å². The van der Waals surface area contributed by atoms with Gasteiger partial charge in [-0.1, -0.05) is 53.7 Å². The molecule has 2 aromatic heterocycles. The molecule has 1 N–H and O–H groups in total. The Kier molecular flexibility index (Phi) is 6.23. The van der Waals surface area contributed by atoms with Crippen molar-refractivity contribution in [3.8, 4) is 16.9 Å². The number of nitrogens with one attached hydrogen (secondary N) is 1. The van der Waals surface area contributed by atoms with Crippen LogP contribution in [0.3, 0.4) is 0 Å². The largest absolute Gasteiger partial charge is 0.497 e. The molecule has 0 saturated carbocycles. The number of carbonyl (C=O) groups is 1. The summed E-state index contributed by atoms with van der Waals surface area (Å²) in [6.45, 7) is 4.52. The minimum atomic E-state index is -0.0170. The van der Waals surface area contributed by atoms with Crippen molar-refractivity contribution >= 4 is 23.3 Å². The van der Waals surface area contributed by atoms with E-state index in [1.807, 2.05) is 68.6 Å². The van der Waals surface area contributed by atoms with Crippen molar-refractivity contribution in [3.05, 3.63) is 77.6 Å². The normalized spacial score (nSPS) is 10.9. The smallest absolute Gasteiger partial charge is 0.230 e. The van der Waals surface area contributed by atoms with Crippen molar-refractivity contribution < 1.29 is 9.53 Å². The SMILES string of the molecule is COc1ccc(-c2cnn3c(SCC(=O)NCc4cccc(C)c4)cc(C)nc23)cc1. The van der Waals surface area contributed by atoms with Gasteiger partial charge in [0.15, 0.2) is 5.65 Å². The van der Waals surface area contributed by atoms with Crippen LogP contribution in [0.2, 0.25) is 0 Å². The van der Waals surface area contributed by atoms with Gasteiger partial charge >= 0.3 is 0 Å². The van der Waals surface area contributed by atoms with Crippen LogP contribution in [-0.4, -0.2) is 33.4 Å². The van der Waals surface area contributed by atoms with Crippen LogP contribution in [0.5, 0.6) is 5.75 Å². The predicted molar refractivity (Wildman–Crippen MR) is 123 cm³/mol. The molecular weight excluding hydrogens is 408 g/mol. The van der Waals surface area contributed by atoms with Gasteiger partial charge in [0.25, 0.3) is 0 Å². The molecule has 1 amide bonds. The summed E-state index contributed by atoms with van der Waals surface area (Å²) in [7, 11) is 1.65. The van der Waals surface area contributed by atoms with Gasteiger partial charge in [-0.15, -0.1) is 0 Å². The Morgan fingerprint density at radius 2 is 1.94 bits per heavy atom. The van der Waals surface area contributed by atoms with Gasteiger partial charge in [0.2, 0.25) is 5.91 Å². The molecule has 6 nitrogen and oxygen atoms in total. The quantitative estimate of drug-likeness (QED) is 0.346. The number of rotatable bonds is 7. The summed E-state index contributed by atoms with van der Waals surface area (Å²) in [5.41, 5.74) is 5.88. The highest BCUT2D eigenvalue weighted by molar-refractivity contribution is 7.99. The van der Waals surface area contributed by atoms with Crippen molar-refractivity contribution in [2.24, 2.45) is 0 Å². The van der Waals surface area contributed by atoms with Crippen molar-refractivity contribution in [2.75, 3.05) is 12.9 Å². The first-order chi connectivity index (χ1) is 15.0. The minimum absolute atomic E-state index is 0.0170. The number of carbonyl (C=O) groups excluding carboxylic acids is 1. The summed E-state index contributed by atoms with van der Waals surface area (Å²) in [5, 5.41) is 8.40. The molecule has 0 unspecified atom stereocenters. The summed E-state index contributed by atoms with van der Waals surface area (Å²) in [4.78, 5) is 17.1. The molecule has 158 valence electrons. The first kappa shape index (κ1) is 20.9. The zero-order valence-corrected chi connectivity index (χ0v) is 18.6. The highest BCUT2D eigenvalue weighted by Gasteiger charge is 2.14. The van der Waals surface area contributed by atoms with Crippen LogP contribution in [0, 0.1) is 13.8 Å². The molecule has 0 fully saturated rings. The maximum atomic E-state index is 12.4. The Labute approximate surface area is 185 Å². The Balaban J connectivity index is 1.48. The lowest BCUT2D eigenvalue weighted by molar-refractivity contribution is -0.118. The predicted octanol–water partition coefficient (Wildman–Crippen LogP) is 4.43. The van der Waals surface area contributed by atoms with Gasteiger partial charge in [-0.25, -0.2) is 9.50 Å². The zero-order valence-electron chi connectivity index (χ0n) is 17.8. The highest BCUT2D eigenvalue weighted by atomic mass is 32.2. The number of benzene rings is 2. The molecule has 2 heterocycles. The number of fused-ring (bicyclic) bond motifs is 1. The van der Waals surface area contributed by atoms with Gasteiger partial charge in [0.1, 0.15) is 10.8 Å². The fraction of sp³-hybridized carbons (Fsp3) is 0.208. The fourth-order valence-electron chi connectivity index (χ4n) is 3.34. The summed E-state index contributed by atoms with van der Waals surface area (Å²) in [5.74, 6) is 1.09. The lowest BCUT2D eigenvalue weighted by atomic mass is 10.1. The molecule has 0 atom stereocenters. The third-order valence-electron chi connectivity index (χ3n) is 4.89. The molecule has 31 heavy (non-hydrogen) atoms. The zero-order chi connectivity index (χ0) is 21.8. The van der Waals surface area contributed by atoms with Crippen LogP contribution < -0.4 is 10.1 Å². The number of aromatic nitrogens is 3. The van der Waals surface area contributed by atoms with Crippen LogP contribution in [0.15, 0.2) is 65.8 Å². The Morgan fingerprint density at radius 3 is 2.68 bits per heavy atom. The second-order valence-corrected chi connectivity index (χ2v) is 8.31. The van der Waals surface area contributed by atoms with E-state index < -0.39 is 0 Å². The second-order valence-electron chi connectivity index (χ2n) is 7.31. The lowest BCUT2D eigenvalue weighted by Crippen LogP contribution is -2.24. The van der Waals surface area contributed by atoms with Crippen LogP contribution in [-0.2, 0) is 11.3 Å². The molecule has 0 spiro atoms. The molecule has 0 bridgehead atoms. The van der Waals surface area contributed by atoms with Crippen molar-refractivity contribution in [3.63, 3.8) is 0 Å². The second kappa shape index (κ2) is 9.22. The number of methoxy groups -OCH3 is 1. The van der Waals surface area contributed by atoms with E-state index in [0.717, 1.165) is 38.8 Å². The van der Waals surface area contributed by atoms with Gasteiger partial charge in [0, 0.05) is 17.8 Å². The first-order valence-corrected chi connectivity index (χ1v) is 11.0. The molecule has 7 heteroatoms. The summed E-state index contributed by atoms with van der Waals surface area (Å²) < 4.78 is 7.04. The van der Waals surface area contributed by atoms with Gasteiger partial charge in [-0.05, 0) is 43.2 Å². The maximum Gasteiger partial charge on any atom is 0.230 e. The van der Waals surface area contributed by atoms with Crippen molar-refractivity contribution in [1.82, 2.24) is 19.9 Å². The monoisotopic (exact) mass is 432 g/mol. The maximum absolute atomic E-state index is 12.4.